The van der Waals surface area contributed by atoms with E-state index in [9.17, 15) is 4.79 Å². The summed E-state index contributed by atoms with van der Waals surface area (Å²) in [6.45, 7) is 5.93. The molecule has 1 aliphatic rings. The zero-order valence-electron chi connectivity index (χ0n) is 16.9. The van der Waals surface area contributed by atoms with E-state index in [0.29, 0.717) is 6.54 Å². The van der Waals surface area contributed by atoms with E-state index in [4.69, 9.17) is 9.47 Å². The number of hydrogen-bond acceptors (Lipinski definition) is 5. The Labute approximate surface area is 167 Å². The highest BCUT2D eigenvalue weighted by molar-refractivity contribution is 5.94. The lowest BCUT2D eigenvalue weighted by Crippen LogP contribution is -2.40. The van der Waals surface area contributed by atoms with Crippen LogP contribution in [0.15, 0.2) is 48.5 Å². The van der Waals surface area contributed by atoms with Gasteiger partial charge in [-0.25, -0.2) is 0 Å². The van der Waals surface area contributed by atoms with E-state index < -0.39 is 0 Å². The standard InChI is InChI=1S/C22H29N3O3/c1-17(22(26)23-19-8-10-20(27-3)11-9-19)24(2)16-18-6-4-5-7-21(18)25-12-14-28-15-13-25/h4-11,17H,12-16H2,1-3H3,(H,23,26)/t17-/m1/s1. The predicted octanol–water partition coefficient (Wildman–Crippen LogP) is 2.99. The normalized spacial score (nSPS) is 15.4. The van der Waals surface area contributed by atoms with Crippen LogP contribution >= 0.6 is 0 Å². The lowest BCUT2D eigenvalue weighted by atomic mass is 10.1. The summed E-state index contributed by atoms with van der Waals surface area (Å²) in [5, 5.41) is 2.97. The van der Waals surface area contributed by atoms with Crippen molar-refractivity contribution < 1.29 is 14.3 Å². The molecule has 2 aromatic carbocycles. The molecule has 0 aliphatic carbocycles. The molecule has 2 aromatic rings. The minimum atomic E-state index is -0.264. The van der Waals surface area contributed by atoms with Gasteiger partial charge in [0, 0.05) is 31.0 Å². The first kappa shape index (κ1) is 20.2. The lowest BCUT2D eigenvalue weighted by molar-refractivity contribution is -0.120. The molecule has 0 aromatic heterocycles. The average molecular weight is 383 g/mol. The van der Waals surface area contributed by atoms with E-state index >= 15 is 0 Å². The largest absolute Gasteiger partial charge is 0.497 e. The molecule has 28 heavy (non-hydrogen) atoms. The number of hydrogen-bond donors (Lipinski definition) is 1. The Bertz CT molecular complexity index is 773. The molecule has 3 rings (SSSR count). The van der Waals surface area contributed by atoms with Crippen LogP contribution in [0.25, 0.3) is 0 Å². The van der Waals surface area contributed by atoms with Gasteiger partial charge in [0.2, 0.25) is 5.91 Å². The fraction of sp³-hybridized carbons (Fsp3) is 0.409. The second-order valence-corrected chi connectivity index (χ2v) is 7.04. The fourth-order valence-electron chi connectivity index (χ4n) is 3.28. The Balaban J connectivity index is 1.63. The maximum atomic E-state index is 12.7. The third-order valence-electron chi connectivity index (χ3n) is 5.16. The van der Waals surface area contributed by atoms with E-state index in [0.717, 1.165) is 37.7 Å². The van der Waals surface area contributed by atoms with Crippen LogP contribution < -0.4 is 15.0 Å². The molecule has 6 nitrogen and oxygen atoms in total. The fourth-order valence-corrected chi connectivity index (χ4v) is 3.28. The molecule has 1 heterocycles. The second kappa shape index (κ2) is 9.57. The van der Waals surface area contributed by atoms with Crippen molar-refractivity contribution in [3.8, 4) is 5.75 Å². The number of benzene rings is 2. The van der Waals surface area contributed by atoms with Gasteiger partial charge in [-0.05, 0) is 49.9 Å². The van der Waals surface area contributed by atoms with E-state index in [-0.39, 0.29) is 11.9 Å². The lowest BCUT2D eigenvalue weighted by Gasteiger charge is -2.32. The van der Waals surface area contributed by atoms with Gasteiger partial charge in [0.25, 0.3) is 0 Å². The summed E-state index contributed by atoms with van der Waals surface area (Å²) in [5.74, 6) is 0.736. The van der Waals surface area contributed by atoms with Crippen LogP contribution in [0.3, 0.4) is 0 Å². The molecule has 6 heteroatoms. The van der Waals surface area contributed by atoms with Gasteiger partial charge in [0.1, 0.15) is 5.75 Å². The molecule has 0 radical (unpaired) electrons. The summed E-state index contributed by atoms with van der Waals surface area (Å²) in [6, 6.07) is 15.5. The quantitative estimate of drug-likeness (QED) is 0.797. The molecule has 150 valence electrons. The number of morpholine rings is 1. The molecular formula is C22H29N3O3. The second-order valence-electron chi connectivity index (χ2n) is 7.04. The van der Waals surface area contributed by atoms with Gasteiger partial charge in [-0.1, -0.05) is 18.2 Å². The van der Waals surface area contributed by atoms with Crippen LogP contribution in [-0.2, 0) is 16.1 Å². The number of rotatable bonds is 7. The maximum absolute atomic E-state index is 12.7. The highest BCUT2D eigenvalue weighted by Gasteiger charge is 2.21. The smallest absolute Gasteiger partial charge is 0.241 e. The van der Waals surface area contributed by atoms with Gasteiger partial charge in [0.05, 0.1) is 26.4 Å². The number of nitrogens with zero attached hydrogens (tertiary/aromatic N) is 2. The first-order chi connectivity index (χ1) is 13.6. The average Bonchev–Trinajstić information content (AvgIpc) is 2.74. The van der Waals surface area contributed by atoms with Crippen molar-refractivity contribution in [1.29, 1.82) is 0 Å². The first-order valence-corrected chi connectivity index (χ1v) is 9.64. The highest BCUT2D eigenvalue weighted by atomic mass is 16.5. The minimum absolute atomic E-state index is 0.0310. The number of carbonyl (C=O) groups excluding carboxylic acids is 1. The number of carbonyl (C=O) groups is 1. The van der Waals surface area contributed by atoms with Crippen molar-refractivity contribution in [3.05, 3.63) is 54.1 Å². The van der Waals surface area contributed by atoms with Crippen molar-refractivity contribution in [3.63, 3.8) is 0 Å². The van der Waals surface area contributed by atoms with E-state index in [2.05, 4.69) is 39.4 Å². The third kappa shape index (κ3) is 5.03. The van der Waals surface area contributed by atoms with Crippen LogP contribution in [0.4, 0.5) is 11.4 Å². The molecule has 1 saturated heterocycles. The van der Waals surface area contributed by atoms with Crippen molar-refractivity contribution in [2.75, 3.05) is 50.7 Å². The van der Waals surface area contributed by atoms with Gasteiger partial charge in [0.15, 0.2) is 0 Å². The van der Waals surface area contributed by atoms with Crippen molar-refractivity contribution in [1.82, 2.24) is 4.90 Å². The van der Waals surface area contributed by atoms with Gasteiger partial charge < -0.3 is 19.7 Å². The highest BCUT2D eigenvalue weighted by Crippen LogP contribution is 2.23. The summed E-state index contributed by atoms with van der Waals surface area (Å²) < 4.78 is 10.6. The number of likely N-dealkylation sites (N-methyl/N-ethyl adjacent to an activating group) is 1. The summed E-state index contributed by atoms with van der Waals surface area (Å²) in [7, 11) is 3.60. The Morgan fingerprint density at radius 2 is 1.86 bits per heavy atom. The van der Waals surface area contributed by atoms with Gasteiger partial charge in [-0.2, -0.15) is 0 Å². The zero-order chi connectivity index (χ0) is 19.9. The first-order valence-electron chi connectivity index (χ1n) is 9.64. The molecule has 1 amide bonds. The predicted molar refractivity (Wildman–Crippen MR) is 112 cm³/mol. The molecule has 1 N–H and O–H groups in total. The van der Waals surface area contributed by atoms with E-state index in [1.54, 1.807) is 7.11 Å². The molecule has 0 spiro atoms. The summed E-state index contributed by atoms with van der Waals surface area (Å²) in [4.78, 5) is 17.1. The number of nitrogens with one attached hydrogen (secondary N) is 1. The number of anilines is 2. The molecular weight excluding hydrogens is 354 g/mol. The number of amides is 1. The topological polar surface area (TPSA) is 54.0 Å². The van der Waals surface area contributed by atoms with Crippen LogP contribution in [-0.4, -0.2) is 57.3 Å². The van der Waals surface area contributed by atoms with E-state index in [1.807, 2.05) is 38.2 Å². The molecule has 1 atom stereocenters. The third-order valence-corrected chi connectivity index (χ3v) is 5.16. The zero-order valence-corrected chi connectivity index (χ0v) is 16.9. The van der Waals surface area contributed by atoms with Crippen molar-refractivity contribution in [2.45, 2.75) is 19.5 Å². The number of methoxy groups -OCH3 is 1. The molecule has 0 bridgehead atoms. The Kier molecular flexibility index (Phi) is 6.90. The SMILES string of the molecule is COc1ccc(NC(=O)[C@@H](C)N(C)Cc2ccccc2N2CCOCC2)cc1. The molecule has 1 fully saturated rings. The van der Waals surface area contributed by atoms with Gasteiger partial charge in [-0.15, -0.1) is 0 Å². The Morgan fingerprint density at radius 1 is 1.18 bits per heavy atom. The number of ether oxygens (including phenoxy) is 2. The van der Waals surface area contributed by atoms with Crippen molar-refractivity contribution >= 4 is 17.3 Å². The van der Waals surface area contributed by atoms with Crippen LogP contribution in [0.2, 0.25) is 0 Å². The summed E-state index contributed by atoms with van der Waals surface area (Å²) in [5.41, 5.74) is 3.20. The monoisotopic (exact) mass is 383 g/mol. The Morgan fingerprint density at radius 3 is 2.54 bits per heavy atom. The molecule has 0 saturated carbocycles. The van der Waals surface area contributed by atoms with Crippen LogP contribution in [0.1, 0.15) is 12.5 Å². The number of para-hydroxylation sites is 1. The van der Waals surface area contributed by atoms with Crippen molar-refractivity contribution in [2.24, 2.45) is 0 Å². The van der Waals surface area contributed by atoms with Gasteiger partial charge >= 0.3 is 0 Å². The van der Waals surface area contributed by atoms with Crippen LogP contribution in [0.5, 0.6) is 5.75 Å². The summed E-state index contributed by atoms with van der Waals surface area (Å²) in [6.07, 6.45) is 0. The van der Waals surface area contributed by atoms with Crippen LogP contribution in [0, 0.1) is 0 Å². The minimum Gasteiger partial charge on any atom is -0.497 e. The summed E-state index contributed by atoms with van der Waals surface area (Å²) >= 11 is 0. The maximum Gasteiger partial charge on any atom is 0.241 e. The Hall–Kier alpha value is -2.57. The molecule has 1 aliphatic heterocycles. The van der Waals surface area contributed by atoms with E-state index in [1.165, 1.54) is 11.3 Å². The molecule has 0 unspecified atom stereocenters. The van der Waals surface area contributed by atoms with Gasteiger partial charge in [-0.3, -0.25) is 9.69 Å².